The van der Waals surface area contributed by atoms with Crippen molar-refractivity contribution in [3.8, 4) is 5.75 Å². The molecule has 2 aromatic carbocycles. The molecule has 4 rings (SSSR count). The maximum Gasteiger partial charge on any atom is 0.254 e. The summed E-state index contributed by atoms with van der Waals surface area (Å²) in [6.45, 7) is 3.07. The van der Waals surface area contributed by atoms with Crippen LogP contribution in [0.15, 0.2) is 42.5 Å². The molecule has 1 saturated heterocycles. The summed E-state index contributed by atoms with van der Waals surface area (Å²) in [5.74, 6) is 1.52. The van der Waals surface area contributed by atoms with E-state index in [0.717, 1.165) is 24.8 Å². The van der Waals surface area contributed by atoms with Crippen molar-refractivity contribution in [2.24, 2.45) is 5.92 Å². The Labute approximate surface area is 177 Å². The number of carbonyl (C=O) groups is 1. The van der Waals surface area contributed by atoms with Gasteiger partial charge < -0.3 is 14.7 Å². The van der Waals surface area contributed by atoms with Gasteiger partial charge in [-0.2, -0.15) is 0 Å². The molecule has 0 unspecified atom stereocenters. The molecular weight excluding hydrogens is 381 g/mol. The highest BCUT2D eigenvalue weighted by Crippen LogP contribution is 2.42. The molecule has 0 bridgehead atoms. The summed E-state index contributed by atoms with van der Waals surface area (Å²) in [5, 5.41) is 9.38. The van der Waals surface area contributed by atoms with Crippen LogP contribution in [0, 0.1) is 11.7 Å². The summed E-state index contributed by atoms with van der Waals surface area (Å²) >= 11 is 0. The van der Waals surface area contributed by atoms with E-state index in [1.807, 2.05) is 24.3 Å². The van der Waals surface area contributed by atoms with E-state index in [0.29, 0.717) is 42.2 Å². The summed E-state index contributed by atoms with van der Waals surface area (Å²) in [7, 11) is 1.50. The zero-order valence-corrected chi connectivity index (χ0v) is 17.7. The van der Waals surface area contributed by atoms with Gasteiger partial charge in [0, 0.05) is 18.7 Å². The number of carbonyl (C=O) groups excluding carboxylic acids is 1. The number of likely N-dealkylation sites (tertiary alicyclic amines) is 1. The average Bonchev–Trinajstić information content (AvgIpc) is 3.19. The highest BCUT2D eigenvalue weighted by molar-refractivity contribution is 5.94. The van der Waals surface area contributed by atoms with Crippen LogP contribution in [0.5, 0.6) is 5.75 Å². The van der Waals surface area contributed by atoms with Crippen molar-refractivity contribution in [1.29, 1.82) is 0 Å². The number of amides is 1. The van der Waals surface area contributed by atoms with Gasteiger partial charge in [0.05, 0.1) is 13.2 Å². The van der Waals surface area contributed by atoms with Gasteiger partial charge in [0.1, 0.15) is 0 Å². The van der Waals surface area contributed by atoms with Crippen LogP contribution >= 0.6 is 0 Å². The van der Waals surface area contributed by atoms with Gasteiger partial charge in [0.25, 0.3) is 5.91 Å². The van der Waals surface area contributed by atoms with E-state index >= 15 is 0 Å². The van der Waals surface area contributed by atoms with Crippen molar-refractivity contribution in [3.05, 3.63) is 65.0 Å². The third-order valence-corrected chi connectivity index (χ3v) is 6.75. The summed E-state index contributed by atoms with van der Waals surface area (Å²) in [4.78, 5) is 14.0. The van der Waals surface area contributed by atoms with Gasteiger partial charge in [-0.05, 0) is 78.8 Å². The first kappa shape index (κ1) is 20.9. The van der Waals surface area contributed by atoms with Crippen molar-refractivity contribution in [2.45, 2.75) is 50.5 Å². The number of rotatable bonds is 6. The molecule has 4 nitrogen and oxygen atoms in total. The molecule has 0 spiro atoms. The van der Waals surface area contributed by atoms with Crippen LogP contribution in [-0.4, -0.2) is 42.2 Å². The van der Waals surface area contributed by atoms with Crippen LogP contribution in [-0.2, 0) is 0 Å². The van der Waals surface area contributed by atoms with Gasteiger partial charge in [-0.1, -0.05) is 25.1 Å². The summed E-state index contributed by atoms with van der Waals surface area (Å²) < 4.78 is 18.8. The number of ether oxygens (including phenoxy) is 1. The summed E-state index contributed by atoms with van der Waals surface area (Å²) in [5.41, 5.74) is 3.11. The first-order valence-electron chi connectivity index (χ1n) is 10.8. The monoisotopic (exact) mass is 411 g/mol. The number of nitrogens with zero attached hydrogens (tertiary/aromatic N) is 1. The highest BCUT2D eigenvalue weighted by atomic mass is 19.1. The Bertz CT molecular complexity index is 892. The van der Waals surface area contributed by atoms with Crippen LogP contribution in [0.25, 0.3) is 0 Å². The van der Waals surface area contributed by atoms with Crippen LogP contribution in [0.1, 0.15) is 65.9 Å². The number of hydrogen-bond donors (Lipinski definition) is 1. The van der Waals surface area contributed by atoms with Crippen molar-refractivity contribution in [3.63, 3.8) is 0 Å². The Morgan fingerprint density at radius 2 is 1.93 bits per heavy atom. The number of benzene rings is 2. The molecule has 160 valence electrons. The minimum Gasteiger partial charge on any atom is -0.494 e. The lowest BCUT2D eigenvalue weighted by Crippen LogP contribution is -2.53. The predicted octanol–water partition coefficient (Wildman–Crippen LogP) is 4.73. The fourth-order valence-corrected chi connectivity index (χ4v) is 4.91. The fourth-order valence-electron chi connectivity index (χ4n) is 4.91. The number of β-amino-alcohol motifs (C(OH)–C–C–N with tert-alkyl or cyclic N) is 1. The second-order valence-electron chi connectivity index (χ2n) is 8.89. The van der Waals surface area contributed by atoms with Crippen LogP contribution in [0.3, 0.4) is 0 Å². The molecular formula is C25H30FNO3. The first-order valence-corrected chi connectivity index (χ1v) is 10.8. The fraction of sp³-hybridized carbons (Fsp3) is 0.480. The number of hydrogen-bond acceptors (Lipinski definition) is 3. The second kappa shape index (κ2) is 8.76. The molecule has 1 amide bonds. The molecule has 1 aliphatic carbocycles. The van der Waals surface area contributed by atoms with Gasteiger partial charge in [-0.3, -0.25) is 4.79 Å². The molecule has 3 atom stereocenters. The SMILES string of the molecule is COc1cc([C@@H](C)C[C@H]2CC[C@@H](c3ccc(C(=O)N4CC(O)C4)cc3)C2)ccc1F. The minimum absolute atomic E-state index is 0.000278. The Morgan fingerprint density at radius 3 is 2.60 bits per heavy atom. The molecule has 5 heteroatoms. The third kappa shape index (κ3) is 4.36. The standard InChI is InChI=1S/C25H30FNO3/c1-16(20-9-10-23(26)24(13-20)30-2)11-17-3-4-21(12-17)18-5-7-19(8-6-18)25(29)27-14-22(28)15-27/h5-10,13,16-17,21-22,28H,3-4,11-12,14-15H2,1-2H3/t16-,17+,21+/m0/s1. The number of aliphatic hydroxyl groups excluding tert-OH is 1. The van der Waals surface area contributed by atoms with Gasteiger partial charge in [0.15, 0.2) is 11.6 Å². The van der Waals surface area contributed by atoms with Gasteiger partial charge in [-0.25, -0.2) is 4.39 Å². The van der Waals surface area contributed by atoms with Crippen molar-refractivity contribution >= 4 is 5.91 Å². The van der Waals surface area contributed by atoms with E-state index < -0.39 is 0 Å². The van der Waals surface area contributed by atoms with E-state index in [4.69, 9.17) is 4.74 Å². The number of aliphatic hydroxyl groups is 1. The maximum absolute atomic E-state index is 13.7. The lowest BCUT2D eigenvalue weighted by molar-refractivity contribution is 0.00589. The van der Waals surface area contributed by atoms with Gasteiger partial charge in [0.2, 0.25) is 0 Å². The van der Waals surface area contributed by atoms with E-state index in [1.54, 1.807) is 4.90 Å². The largest absolute Gasteiger partial charge is 0.494 e. The Hall–Kier alpha value is -2.40. The van der Waals surface area contributed by atoms with Gasteiger partial charge >= 0.3 is 0 Å². The average molecular weight is 412 g/mol. The molecule has 1 N–H and O–H groups in total. The number of methoxy groups -OCH3 is 1. The van der Waals surface area contributed by atoms with E-state index in [1.165, 1.54) is 25.2 Å². The second-order valence-corrected chi connectivity index (χ2v) is 8.89. The third-order valence-electron chi connectivity index (χ3n) is 6.75. The molecule has 1 aliphatic heterocycles. The van der Waals surface area contributed by atoms with E-state index in [2.05, 4.69) is 19.1 Å². The van der Waals surface area contributed by atoms with Crippen LogP contribution in [0.4, 0.5) is 4.39 Å². The molecule has 2 aliphatic rings. The van der Waals surface area contributed by atoms with E-state index in [9.17, 15) is 14.3 Å². The zero-order valence-electron chi connectivity index (χ0n) is 17.7. The molecule has 30 heavy (non-hydrogen) atoms. The smallest absolute Gasteiger partial charge is 0.254 e. The summed E-state index contributed by atoms with van der Waals surface area (Å²) in [6, 6.07) is 13.2. The van der Waals surface area contributed by atoms with Crippen molar-refractivity contribution in [2.75, 3.05) is 20.2 Å². The Kier molecular flexibility index (Phi) is 6.09. The first-order chi connectivity index (χ1) is 14.4. The molecule has 0 radical (unpaired) electrons. The van der Waals surface area contributed by atoms with Crippen molar-refractivity contribution < 1.29 is 19.0 Å². The Morgan fingerprint density at radius 1 is 1.20 bits per heavy atom. The highest BCUT2D eigenvalue weighted by Gasteiger charge is 2.30. The lowest BCUT2D eigenvalue weighted by atomic mass is 9.88. The van der Waals surface area contributed by atoms with Crippen molar-refractivity contribution in [1.82, 2.24) is 4.90 Å². The zero-order chi connectivity index (χ0) is 21.3. The number of halogens is 1. The molecule has 2 aromatic rings. The molecule has 1 heterocycles. The van der Waals surface area contributed by atoms with Crippen LogP contribution < -0.4 is 4.74 Å². The molecule has 1 saturated carbocycles. The lowest BCUT2D eigenvalue weighted by Gasteiger charge is -2.35. The van der Waals surface area contributed by atoms with Gasteiger partial charge in [-0.15, -0.1) is 0 Å². The molecule has 0 aromatic heterocycles. The maximum atomic E-state index is 13.7. The van der Waals surface area contributed by atoms with Crippen LogP contribution in [0.2, 0.25) is 0 Å². The molecule has 2 fully saturated rings. The minimum atomic E-state index is -0.373. The predicted molar refractivity (Wildman–Crippen MR) is 114 cm³/mol. The summed E-state index contributed by atoms with van der Waals surface area (Å²) in [6.07, 6.45) is 4.21. The quantitative estimate of drug-likeness (QED) is 0.748. The van der Waals surface area contributed by atoms with E-state index in [-0.39, 0.29) is 17.8 Å². The Balaban J connectivity index is 1.33. The normalized spacial score (nSPS) is 22.6. The topological polar surface area (TPSA) is 49.8 Å².